The van der Waals surface area contributed by atoms with Crippen molar-refractivity contribution in [2.24, 2.45) is 0 Å². The van der Waals surface area contributed by atoms with Crippen molar-refractivity contribution in [3.05, 3.63) is 35.9 Å². The lowest BCUT2D eigenvalue weighted by atomic mass is 10.1. The van der Waals surface area contributed by atoms with Crippen LogP contribution in [0, 0.1) is 0 Å². The zero-order valence-corrected chi connectivity index (χ0v) is 8.30. The minimum Gasteiger partial charge on any atom is -0.477 e. The van der Waals surface area contributed by atoms with Crippen LogP contribution in [0.3, 0.4) is 0 Å². The maximum atomic E-state index is 12.5. The Morgan fingerprint density at radius 1 is 1.47 bits per heavy atom. The first-order valence-corrected chi connectivity index (χ1v) is 4.52. The molecule has 0 atom stereocenters. The van der Waals surface area contributed by atoms with Gasteiger partial charge in [0.1, 0.15) is 11.3 Å². The molecule has 0 amide bonds. The van der Waals surface area contributed by atoms with Crippen molar-refractivity contribution in [2.75, 3.05) is 0 Å². The van der Waals surface area contributed by atoms with E-state index in [2.05, 4.69) is 14.7 Å². The van der Waals surface area contributed by atoms with Gasteiger partial charge in [0, 0.05) is 18.0 Å². The third-order valence-corrected chi connectivity index (χ3v) is 2.07. The van der Waals surface area contributed by atoms with Crippen molar-refractivity contribution in [3.63, 3.8) is 0 Å². The lowest BCUT2D eigenvalue weighted by Gasteiger charge is -1.97. The molecule has 7 heteroatoms. The van der Waals surface area contributed by atoms with E-state index in [-0.39, 0.29) is 5.69 Å². The van der Waals surface area contributed by atoms with E-state index in [1.54, 1.807) is 0 Å². The number of carbonyl (C=O) groups is 1. The molecule has 0 saturated carbocycles. The van der Waals surface area contributed by atoms with E-state index in [1.165, 1.54) is 24.5 Å². The molecule has 0 aromatic carbocycles. The Hall–Kier alpha value is -2.31. The van der Waals surface area contributed by atoms with Gasteiger partial charge in [-0.25, -0.2) is 13.6 Å². The average Bonchev–Trinajstić information content (AvgIpc) is 2.74. The van der Waals surface area contributed by atoms with Gasteiger partial charge in [0.25, 0.3) is 6.43 Å². The molecule has 0 aliphatic carbocycles. The van der Waals surface area contributed by atoms with Crippen LogP contribution in [-0.4, -0.2) is 21.2 Å². The second kappa shape index (κ2) is 4.28. The molecule has 17 heavy (non-hydrogen) atoms. The van der Waals surface area contributed by atoms with E-state index in [0.717, 1.165) is 0 Å². The summed E-state index contributed by atoms with van der Waals surface area (Å²) in [7, 11) is 0. The first-order valence-electron chi connectivity index (χ1n) is 4.52. The number of aromatic carboxylic acids is 1. The predicted octanol–water partition coefficient (Wildman–Crippen LogP) is 2.37. The van der Waals surface area contributed by atoms with Crippen LogP contribution in [-0.2, 0) is 0 Å². The van der Waals surface area contributed by atoms with E-state index in [0.29, 0.717) is 5.56 Å². The summed E-state index contributed by atoms with van der Waals surface area (Å²) in [5, 5.41) is 12.2. The molecule has 2 aromatic heterocycles. The highest BCUT2D eigenvalue weighted by molar-refractivity contribution is 5.95. The Balaban J connectivity index is 2.60. The molecule has 5 nitrogen and oxygen atoms in total. The van der Waals surface area contributed by atoms with Gasteiger partial charge in [-0.3, -0.25) is 4.98 Å². The number of carboxylic acids is 1. The number of hydrogen-bond acceptors (Lipinski definition) is 4. The minimum absolute atomic E-state index is 0.152. The molecule has 2 rings (SSSR count). The SMILES string of the molecule is O=C(O)c1c(-c2cccnc2)noc1C(F)F. The molecule has 2 aromatic rings. The summed E-state index contributed by atoms with van der Waals surface area (Å²) in [6.45, 7) is 0. The summed E-state index contributed by atoms with van der Waals surface area (Å²) in [4.78, 5) is 14.7. The largest absolute Gasteiger partial charge is 0.477 e. The van der Waals surface area contributed by atoms with Gasteiger partial charge in [-0.05, 0) is 12.1 Å². The number of halogens is 2. The highest BCUT2D eigenvalue weighted by atomic mass is 19.3. The number of pyridine rings is 1. The Morgan fingerprint density at radius 2 is 2.24 bits per heavy atom. The summed E-state index contributed by atoms with van der Waals surface area (Å²) in [6, 6.07) is 3.05. The lowest BCUT2D eigenvalue weighted by Crippen LogP contribution is -2.01. The molecule has 0 unspecified atom stereocenters. The summed E-state index contributed by atoms with van der Waals surface area (Å²) >= 11 is 0. The number of carboxylic acid groups (broad SMARTS) is 1. The van der Waals surface area contributed by atoms with Crippen LogP contribution in [0.2, 0.25) is 0 Å². The first kappa shape index (κ1) is 11.2. The third kappa shape index (κ3) is 1.99. The lowest BCUT2D eigenvalue weighted by molar-refractivity contribution is 0.0670. The highest BCUT2D eigenvalue weighted by Crippen LogP contribution is 2.30. The average molecular weight is 240 g/mol. The Bertz CT molecular complexity index is 540. The second-order valence-corrected chi connectivity index (χ2v) is 3.12. The smallest absolute Gasteiger partial charge is 0.341 e. The van der Waals surface area contributed by atoms with E-state index >= 15 is 0 Å². The van der Waals surface area contributed by atoms with Crippen LogP contribution < -0.4 is 0 Å². The summed E-state index contributed by atoms with van der Waals surface area (Å²) in [5.41, 5.74) is -0.477. The van der Waals surface area contributed by atoms with Crippen LogP contribution in [0.5, 0.6) is 0 Å². The predicted molar refractivity (Wildman–Crippen MR) is 51.7 cm³/mol. The van der Waals surface area contributed by atoms with E-state index in [1.807, 2.05) is 0 Å². The Labute approximate surface area is 93.7 Å². The molecule has 2 heterocycles. The van der Waals surface area contributed by atoms with Crippen molar-refractivity contribution in [1.29, 1.82) is 0 Å². The quantitative estimate of drug-likeness (QED) is 0.891. The monoisotopic (exact) mass is 240 g/mol. The molecular weight excluding hydrogens is 234 g/mol. The van der Waals surface area contributed by atoms with Crippen molar-refractivity contribution in [3.8, 4) is 11.3 Å². The van der Waals surface area contributed by atoms with E-state index < -0.39 is 23.7 Å². The van der Waals surface area contributed by atoms with Crippen LogP contribution >= 0.6 is 0 Å². The Morgan fingerprint density at radius 3 is 2.76 bits per heavy atom. The summed E-state index contributed by atoms with van der Waals surface area (Å²) < 4.78 is 29.4. The van der Waals surface area contributed by atoms with Gasteiger partial charge < -0.3 is 9.63 Å². The maximum absolute atomic E-state index is 12.5. The van der Waals surface area contributed by atoms with Crippen molar-refractivity contribution >= 4 is 5.97 Å². The van der Waals surface area contributed by atoms with Gasteiger partial charge in [0.05, 0.1) is 0 Å². The second-order valence-electron chi connectivity index (χ2n) is 3.12. The molecule has 0 saturated heterocycles. The van der Waals surface area contributed by atoms with Crippen LogP contribution in [0.1, 0.15) is 22.5 Å². The number of rotatable bonds is 3. The molecule has 0 fully saturated rings. The molecule has 0 spiro atoms. The van der Waals surface area contributed by atoms with Crippen molar-refractivity contribution in [1.82, 2.24) is 10.1 Å². The molecule has 0 aliphatic heterocycles. The third-order valence-electron chi connectivity index (χ3n) is 2.07. The van der Waals surface area contributed by atoms with Gasteiger partial charge in [0.2, 0.25) is 5.76 Å². The fourth-order valence-electron chi connectivity index (χ4n) is 1.36. The van der Waals surface area contributed by atoms with E-state index in [9.17, 15) is 13.6 Å². The maximum Gasteiger partial charge on any atom is 0.341 e. The standard InChI is InChI=1S/C10H6F2N2O3/c11-9(12)8-6(10(15)16)7(14-17-8)5-2-1-3-13-4-5/h1-4,9H,(H,15,16). The van der Waals surface area contributed by atoms with Gasteiger partial charge in [-0.15, -0.1) is 0 Å². The van der Waals surface area contributed by atoms with E-state index in [4.69, 9.17) is 5.11 Å². The zero-order valence-electron chi connectivity index (χ0n) is 8.30. The summed E-state index contributed by atoms with van der Waals surface area (Å²) in [5.74, 6) is -2.46. The number of nitrogens with zero attached hydrogens (tertiary/aromatic N) is 2. The highest BCUT2D eigenvalue weighted by Gasteiger charge is 2.29. The molecule has 1 N–H and O–H groups in total. The van der Waals surface area contributed by atoms with Crippen LogP contribution in [0.25, 0.3) is 11.3 Å². The van der Waals surface area contributed by atoms with Crippen molar-refractivity contribution < 1.29 is 23.2 Å². The molecular formula is C10H6F2N2O3. The topological polar surface area (TPSA) is 76.2 Å². The van der Waals surface area contributed by atoms with Gasteiger partial charge >= 0.3 is 5.97 Å². The van der Waals surface area contributed by atoms with Gasteiger partial charge in [0.15, 0.2) is 0 Å². The molecule has 0 aliphatic rings. The number of aromatic nitrogens is 2. The minimum atomic E-state index is -3.03. The zero-order chi connectivity index (χ0) is 12.4. The van der Waals surface area contributed by atoms with Crippen molar-refractivity contribution in [2.45, 2.75) is 6.43 Å². The number of alkyl halides is 2. The molecule has 0 radical (unpaired) electrons. The van der Waals surface area contributed by atoms with Crippen LogP contribution in [0.4, 0.5) is 8.78 Å². The normalized spacial score (nSPS) is 10.8. The molecule has 88 valence electrons. The molecule has 0 bridgehead atoms. The van der Waals surface area contributed by atoms with Gasteiger partial charge in [-0.1, -0.05) is 5.16 Å². The first-order chi connectivity index (χ1) is 8.11. The van der Waals surface area contributed by atoms with Gasteiger partial charge in [-0.2, -0.15) is 0 Å². The number of hydrogen-bond donors (Lipinski definition) is 1. The fourth-order valence-corrected chi connectivity index (χ4v) is 1.36. The summed E-state index contributed by atoms with van der Waals surface area (Å²) in [6.07, 6.45) is -0.239. The Kier molecular flexibility index (Phi) is 2.82. The van der Waals surface area contributed by atoms with Crippen LogP contribution in [0.15, 0.2) is 29.0 Å². The fraction of sp³-hybridized carbons (Fsp3) is 0.100.